The van der Waals surface area contributed by atoms with Gasteiger partial charge in [0.15, 0.2) is 0 Å². The average Bonchev–Trinajstić information content (AvgIpc) is 1.98. The Kier molecular flexibility index (Phi) is 2.84. The van der Waals surface area contributed by atoms with Gasteiger partial charge in [0.25, 0.3) is 0 Å². The fourth-order valence-corrected chi connectivity index (χ4v) is 0.962. The highest BCUT2D eigenvalue weighted by Crippen LogP contribution is 2.02. The van der Waals surface area contributed by atoms with Gasteiger partial charge >= 0.3 is 11.7 Å². The van der Waals surface area contributed by atoms with Crippen LogP contribution in [0.2, 0.25) is 0 Å². The second-order valence-electron chi connectivity index (χ2n) is 2.73. The maximum Gasteiger partial charge on any atom is 0.382 e. The molecule has 0 saturated carbocycles. The first kappa shape index (κ1) is 9.50. The van der Waals surface area contributed by atoms with E-state index in [1.54, 1.807) is 6.92 Å². The SMILES string of the molecule is CC1=NC([N+](=O)[O-])=CNCC(C)O1. The molecule has 6 heteroatoms. The molecule has 0 aromatic rings. The molecule has 1 aliphatic heterocycles. The molecule has 1 rings (SSSR count). The Morgan fingerprint density at radius 1 is 1.85 bits per heavy atom. The number of rotatable bonds is 1. The van der Waals surface area contributed by atoms with E-state index in [1.165, 1.54) is 6.20 Å². The van der Waals surface area contributed by atoms with Crippen molar-refractivity contribution in [1.82, 2.24) is 5.32 Å². The van der Waals surface area contributed by atoms with Crippen LogP contribution in [0.1, 0.15) is 13.8 Å². The lowest BCUT2D eigenvalue weighted by atomic mass is 10.4. The van der Waals surface area contributed by atoms with E-state index < -0.39 is 4.92 Å². The van der Waals surface area contributed by atoms with E-state index in [2.05, 4.69) is 10.3 Å². The summed E-state index contributed by atoms with van der Waals surface area (Å²) in [6.07, 6.45) is 1.25. The molecule has 1 unspecified atom stereocenters. The van der Waals surface area contributed by atoms with Crippen molar-refractivity contribution in [3.63, 3.8) is 0 Å². The number of nitro groups is 1. The van der Waals surface area contributed by atoms with Crippen LogP contribution >= 0.6 is 0 Å². The smallest absolute Gasteiger partial charge is 0.382 e. The number of aliphatic imine (C=N–C) groups is 1. The molecule has 1 aliphatic rings. The van der Waals surface area contributed by atoms with E-state index in [1.807, 2.05) is 6.92 Å². The predicted octanol–water partition coefficient (Wildman–Crippen LogP) is 0.489. The maximum atomic E-state index is 10.4. The summed E-state index contributed by atoms with van der Waals surface area (Å²) in [7, 11) is 0. The van der Waals surface area contributed by atoms with Gasteiger partial charge in [-0.05, 0) is 16.8 Å². The van der Waals surface area contributed by atoms with Gasteiger partial charge < -0.3 is 20.2 Å². The van der Waals surface area contributed by atoms with Gasteiger partial charge in [0.05, 0.1) is 12.7 Å². The standard InChI is InChI=1S/C7H11N3O3/c1-5-3-8-4-7(10(11)12)9-6(2)13-5/h4-5,8H,3H2,1-2H3. The van der Waals surface area contributed by atoms with Gasteiger partial charge in [-0.15, -0.1) is 0 Å². The minimum Gasteiger partial charge on any atom is -0.458 e. The number of ether oxygens (including phenoxy) is 1. The lowest BCUT2D eigenvalue weighted by molar-refractivity contribution is -0.426. The van der Waals surface area contributed by atoms with E-state index in [-0.39, 0.29) is 11.9 Å². The Labute approximate surface area is 75.4 Å². The van der Waals surface area contributed by atoms with Crippen molar-refractivity contribution in [2.24, 2.45) is 4.99 Å². The van der Waals surface area contributed by atoms with Crippen molar-refractivity contribution in [3.05, 3.63) is 22.1 Å². The largest absolute Gasteiger partial charge is 0.458 e. The second-order valence-corrected chi connectivity index (χ2v) is 2.73. The fourth-order valence-electron chi connectivity index (χ4n) is 0.962. The molecule has 6 nitrogen and oxygen atoms in total. The molecule has 72 valence electrons. The van der Waals surface area contributed by atoms with Crippen LogP contribution in [0.3, 0.4) is 0 Å². The Hall–Kier alpha value is -1.59. The summed E-state index contributed by atoms with van der Waals surface area (Å²) in [6, 6.07) is 0. The molecular weight excluding hydrogens is 174 g/mol. The summed E-state index contributed by atoms with van der Waals surface area (Å²) in [5.41, 5.74) is 0. The van der Waals surface area contributed by atoms with Crippen molar-refractivity contribution in [2.75, 3.05) is 6.54 Å². The van der Waals surface area contributed by atoms with E-state index >= 15 is 0 Å². The van der Waals surface area contributed by atoms with Crippen molar-refractivity contribution >= 4 is 5.90 Å². The molecular formula is C7H11N3O3. The molecule has 0 saturated heterocycles. The fraction of sp³-hybridized carbons (Fsp3) is 0.571. The molecule has 1 N–H and O–H groups in total. The zero-order valence-corrected chi connectivity index (χ0v) is 7.48. The first-order chi connectivity index (χ1) is 6.09. The quantitative estimate of drug-likeness (QED) is 0.476. The Bertz CT molecular complexity index is 272. The first-order valence-corrected chi connectivity index (χ1v) is 3.89. The molecule has 0 amide bonds. The summed E-state index contributed by atoms with van der Waals surface area (Å²) in [4.78, 5) is 13.5. The number of nitrogens with one attached hydrogen (secondary N) is 1. The molecule has 0 spiro atoms. The summed E-state index contributed by atoms with van der Waals surface area (Å²) >= 11 is 0. The highest BCUT2D eigenvalue weighted by molar-refractivity contribution is 5.74. The summed E-state index contributed by atoms with van der Waals surface area (Å²) in [5, 5.41) is 13.1. The molecule has 0 aliphatic carbocycles. The van der Waals surface area contributed by atoms with Crippen molar-refractivity contribution in [3.8, 4) is 0 Å². The molecule has 1 heterocycles. The van der Waals surface area contributed by atoms with Crippen LogP contribution in [0.15, 0.2) is 17.0 Å². The third-order valence-corrected chi connectivity index (χ3v) is 1.47. The second kappa shape index (κ2) is 3.88. The van der Waals surface area contributed by atoms with Crippen LogP contribution in [-0.2, 0) is 4.74 Å². The van der Waals surface area contributed by atoms with Crippen molar-refractivity contribution < 1.29 is 9.66 Å². The van der Waals surface area contributed by atoms with Crippen molar-refractivity contribution in [1.29, 1.82) is 0 Å². The lowest BCUT2D eigenvalue weighted by Crippen LogP contribution is -2.27. The van der Waals surface area contributed by atoms with Gasteiger partial charge in [0, 0.05) is 6.92 Å². The lowest BCUT2D eigenvalue weighted by Gasteiger charge is -2.13. The zero-order chi connectivity index (χ0) is 9.84. The highest BCUT2D eigenvalue weighted by atomic mass is 16.6. The topological polar surface area (TPSA) is 76.8 Å². The van der Waals surface area contributed by atoms with Crippen LogP contribution in [0.5, 0.6) is 0 Å². The average molecular weight is 185 g/mol. The molecule has 0 aromatic carbocycles. The minimum atomic E-state index is -0.560. The Balaban J connectivity index is 2.82. The molecule has 0 radical (unpaired) electrons. The third-order valence-electron chi connectivity index (χ3n) is 1.47. The van der Waals surface area contributed by atoms with Crippen LogP contribution in [-0.4, -0.2) is 23.5 Å². The first-order valence-electron chi connectivity index (χ1n) is 3.89. The number of nitrogens with zero attached hydrogens (tertiary/aromatic N) is 2. The molecule has 0 aromatic heterocycles. The highest BCUT2D eigenvalue weighted by Gasteiger charge is 2.16. The van der Waals surface area contributed by atoms with Gasteiger partial charge in [-0.3, -0.25) is 0 Å². The normalized spacial score (nSPS) is 22.8. The van der Waals surface area contributed by atoms with E-state index in [0.29, 0.717) is 12.4 Å². The van der Waals surface area contributed by atoms with E-state index in [0.717, 1.165) is 0 Å². The molecule has 0 bridgehead atoms. The van der Waals surface area contributed by atoms with E-state index in [9.17, 15) is 10.1 Å². The predicted molar refractivity (Wildman–Crippen MR) is 46.7 cm³/mol. The summed E-state index contributed by atoms with van der Waals surface area (Å²) < 4.78 is 5.21. The van der Waals surface area contributed by atoms with Crippen molar-refractivity contribution in [2.45, 2.75) is 20.0 Å². The van der Waals surface area contributed by atoms with Gasteiger partial charge in [0.1, 0.15) is 6.10 Å². The minimum absolute atomic E-state index is 0.0340. The van der Waals surface area contributed by atoms with Gasteiger partial charge in [-0.1, -0.05) is 0 Å². The van der Waals surface area contributed by atoms with E-state index in [4.69, 9.17) is 4.74 Å². The van der Waals surface area contributed by atoms with Gasteiger partial charge in [-0.2, -0.15) is 0 Å². The number of hydrogen-bond acceptors (Lipinski definition) is 5. The number of hydrogen-bond donors (Lipinski definition) is 1. The molecule has 1 atom stereocenters. The van der Waals surface area contributed by atoms with Crippen LogP contribution in [0.25, 0.3) is 0 Å². The zero-order valence-electron chi connectivity index (χ0n) is 7.48. The summed E-state index contributed by atoms with van der Waals surface area (Å²) in [5.74, 6) is 0.0846. The van der Waals surface area contributed by atoms with Crippen LogP contribution < -0.4 is 5.32 Å². The van der Waals surface area contributed by atoms with Gasteiger partial charge in [0.2, 0.25) is 0 Å². The Morgan fingerprint density at radius 2 is 2.54 bits per heavy atom. The van der Waals surface area contributed by atoms with Crippen LogP contribution in [0.4, 0.5) is 0 Å². The molecule has 13 heavy (non-hydrogen) atoms. The monoisotopic (exact) mass is 185 g/mol. The Morgan fingerprint density at radius 3 is 3.15 bits per heavy atom. The van der Waals surface area contributed by atoms with Crippen LogP contribution in [0, 0.1) is 10.1 Å². The third kappa shape index (κ3) is 2.73. The maximum absolute atomic E-state index is 10.4. The molecule has 0 fully saturated rings. The van der Waals surface area contributed by atoms with Gasteiger partial charge in [-0.25, -0.2) is 0 Å². The summed E-state index contributed by atoms with van der Waals surface area (Å²) in [6.45, 7) is 3.99.